The molecule has 0 unspecified atom stereocenters. The molecule has 216 valence electrons. The lowest BCUT2D eigenvalue weighted by Gasteiger charge is -2.20. The lowest BCUT2D eigenvalue weighted by atomic mass is 10.0. The van der Waals surface area contributed by atoms with Crippen LogP contribution in [0.1, 0.15) is 51.4 Å². The Bertz CT molecular complexity index is 1760. The number of nitrogens with one attached hydrogen (secondary N) is 1. The van der Waals surface area contributed by atoms with E-state index in [2.05, 4.69) is 30.6 Å². The van der Waals surface area contributed by atoms with Crippen LogP contribution in [-0.4, -0.2) is 48.3 Å². The molecule has 0 spiro atoms. The molecule has 1 aliphatic carbocycles. The molecule has 14 heteroatoms. The van der Waals surface area contributed by atoms with Gasteiger partial charge < -0.3 is 5.32 Å². The fourth-order valence-corrected chi connectivity index (χ4v) is 5.32. The number of aromatic nitrogens is 6. The predicted octanol–water partition coefficient (Wildman–Crippen LogP) is 5.07. The van der Waals surface area contributed by atoms with Crippen LogP contribution in [0.5, 0.6) is 0 Å². The van der Waals surface area contributed by atoms with Crippen molar-refractivity contribution in [1.82, 2.24) is 29.9 Å². The maximum absolute atomic E-state index is 14.8. The number of halogens is 4. The summed E-state index contributed by atoms with van der Waals surface area (Å²) < 4.78 is 43.6. The lowest BCUT2D eigenvalue weighted by Crippen LogP contribution is -2.30. The van der Waals surface area contributed by atoms with E-state index in [1.807, 2.05) is 13.8 Å². The fourth-order valence-electron chi connectivity index (χ4n) is 5.17. The zero-order valence-electron chi connectivity index (χ0n) is 22.7. The minimum Gasteiger partial charge on any atom is -0.318 e. The van der Waals surface area contributed by atoms with Crippen LogP contribution in [-0.2, 0) is 11.3 Å². The summed E-state index contributed by atoms with van der Waals surface area (Å²) in [6, 6.07) is 2.05. The third-order valence-electron chi connectivity index (χ3n) is 7.77. The molecule has 1 saturated carbocycles. The van der Waals surface area contributed by atoms with Crippen LogP contribution in [0.4, 0.5) is 24.7 Å². The van der Waals surface area contributed by atoms with Gasteiger partial charge in [-0.3, -0.25) is 24.2 Å². The molecule has 1 aromatic carbocycles. The molecule has 6 rings (SSSR count). The van der Waals surface area contributed by atoms with Crippen LogP contribution < -0.4 is 10.2 Å². The number of rotatable bonds is 7. The normalized spacial score (nSPS) is 17.6. The second-order valence-corrected chi connectivity index (χ2v) is 10.9. The number of amides is 2. The number of nitrogens with zero attached hydrogens (tertiary/aromatic N) is 7. The lowest BCUT2D eigenvalue weighted by molar-refractivity contribution is -0.118. The quantitative estimate of drug-likeness (QED) is 0.316. The topological polar surface area (TPSA) is 119 Å². The standard InChI is InChI=1S/C28H24ClF3N8O2/c1-12-13(2)26(40-9-15-6-18(15)28(40)42)38-37-21(12)11-39-10-16(7-34-39)35-27(41)24-14(3)33-8-20(36-24)22-17(25(31)32)4-5-19(29)23(22)30/h4-5,7-8,10,15,18,25H,6,9,11H2,1-3H3,(H,35,41)/t15-,18-/m1/s1. The maximum atomic E-state index is 14.8. The van der Waals surface area contributed by atoms with Gasteiger partial charge in [-0.25, -0.2) is 18.2 Å². The summed E-state index contributed by atoms with van der Waals surface area (Å²) in [5.41, 5.74) is 1.38. The van der Waals surface area contributed by atoms with Crippen molar-refractivity contribution in [3.05, 3.63) is 75.3 Å². The molecular weight excluding hydrogens is 573 g/mol. The molecule has 2 aliphatic rings. The minimum atomic E-state index is -3.00. The maximum Gasteiger partial charge on any atom is 0.276 e. The molecule has 1 N–H and O–H groups in total. The zero-order valence-corrected chi connectivity index (χ0v) is 23.5. The molecule has 2 amide bonds. The predicted molar refractivity (Wildman–Crippen MR) is 147 cm³/mol. The van der Waals surface area contributed by atoms with E-state index in [4.69, 9.17) is 11.6 Å². The Morgan fingerprint density at radius 2 is 1.95 bits per heavy atom. The molecule has 4 heterocycles. The fraction of sp³-hybridized carbons (Fsp3) is 0.321. The molecular formula is C28H24ClF3N8O2. The van der Waals surface area contributed by atoms with Crippen LogP contribution in [0.25, 0.3) is 11.3 Å². The van der Waals surface area contributed by atoms with E-state index >= 15 is 0 Å². The molecule has 42 heavy (non-hydrogen) atoms. The molecule has 1 aliphatic heterocycles. The van der Waals surface area contributed by atoms with Crippen molar-refractivity contribution in [2.75, 3.05) is 16.8 Å². The van der Waals surface area contributed by atoms with Crippen LogP contribution >= 0.6 is 11.6 Å². The van der Waals surface area contributed by atoms with E-state index in [-0.39, 0.29) is 40.5 Å². The van der Waals surface area contributed by atoms with Gasteiger partial charge in [0.25, 0.3) is 12.3 Å². The van der Waals surface area contributed by atoms with Gasteiger partial charge in [0.05, 0.1) is 46.7 Å². The van der Waals surface area contributed by atoms with Crippen molar-refractivity contribution in [3.8, 4) is 11.3 Å². The first kappa shape index (κ1) is 27.8. The summed E-state index contributed by atoms with van der Waals surface area (Å²) in [7, 11) is 0. The Labute approximate surface area is 242 Å². The number of carbonyl (C=O) groups is 2. The Kier molecular flexibility index (Phi) is 6.92. The van der Waals surface area contributed by atoms with E-state index in [0.717, 1.165) is 35.9 Å². The third kappa shape index (κ3) is 4.87. The van der Waals surface area contributed by atoms with Gasteiger partial charge in [0.2, 0.25) is 5.91 Å². The zero-order chi connectivity index (χ0) is 29.9. The SMILES string of the molecule is Cc1ncc(-c2c(C(F)F)ccc(Cl)c2F)nc1C(=O)Nc1cnn(Cc2nnc(N3C[C@H]4C[C@H]4C3=O)c(C)c2C)c1. The average molecular weight is 597 g/mol. The molecule has 10 nitrogen and oxygen atoms in total. The summed E-state index contributed by atoms with van der Waals surface area (Å²) >= 11 is 5.83. The second-order valence-electron chi connectivity index (χ2n) is 10.5. The van der Waals surface area contributed by atoms with Crippen molar-refractivity contribution in [1.29, 1.82) is 0 Å². The van der Waals surface area contributed by atoms with E-state index < -0.39 is 29.3 Å². The van der Waals surface area contributed by atoms with Gasteiger partial charge in [-0.2, -0.15) is 10.2 Å². The molecule has 4 aromatic rings. The largest absolute Gasteiger partial charge is 0.318 e. The monoisotopic (exact) mass is 596 g/mol. The van der Waals surface area contributed by atoms with Crippen LogP contribution in [0.3, 0.4) is 0 Å². The Morgan fingerprint density at radius 3 is 2.67 bits per heavy atom. The van der Waals surface area contributed by atoms with Gasteiger partial charge in [0, 0.05) is 29.8 Å². The van der Waals surface area contributed by atoms with Crippen LogP contribution in [0.15, 0.2) is 30.7 Å². The summed E-state index contributed by atoms with van der Waals surface area (Å²) in [6.07, 6.45) is 2.07. The van der Waals surface area contributed by atoms with Crippen LogP contribution in [0, 0.1) is 38.4 Å². The van der Waals surface area contributed by atoms with Crippen LogP contribution in [0.2, 0.25) is 5.02 Å². The number of carbonyl (C=O) groups excluding carboxylic acids is 2. The van der Waals surface area contributed by atoms with Crippen molar-refractivity contribution in [2.45, 2.75) is 40.2 Å². The molecule has 1 saturated heterocycles. The average Bonchev–Trinajstić information content (AvgIpc) is 3.48. The van der Waals surface area contributed by atoms with Crippen molar-refractivity contribution < 1.29 is 22.8 Å². The molecule has 3 aromatic heterocycles. The van der Waals surface area contributed by atoms with Gasteiger partial charge in [0.15, 0.2) is 11.6 Å². The highest BCUT2D eigenvalue weighted by Gasteiger charge is 2.53. The number of hydrogen-bond donors (Lipinski definition) is 1. The van der Waals surface area contributed by atoms with Crippen molar-refractivity contribution in [3.63, 3.8) is 0 Å². The summed E-state index contributed by atoms with van der Waals surface area (Å²) in [4.78, 5) is 35.6. The highest BCUT2D eigenvalue weighted by atomic mass is 35.5. The Hall–Kier alpha value is -4.39. The number of piperidine rings is 1. The number of benzene rings is 1. The minimum absolute atomic E-state index is 0.106. The number of aryl methyl sites for hydroxylation is 1. The number of alkyl halides is 2. The highest BCUT2D eigenvalue weighted by Crippen LogP contribution is 2.47. The number of anilines is 2. The first-order valence-corrected chi connectivity index (χ1v) is 13.5. The van der Waals surface area contributed by atoms with E-state index in [9.17, 15) is 22.8 Å². The van der Waals surface area contributed by atoms with E-state index in [1.54, 1.807) is 15.8 Å². The summed E-state index contributed by atoms with van der Waals surface area (Å²) in [6.45, 7) is 6.27. The smallest absolute Gasteiger partial charge is 0.276 e. The second kappa shape index (κ2) is 10.5. The Morgan fingerprint density at radius 1 is 1.17 bits per heavy atom. The molecule has 0 bridgehead atoms. The van der Waals surface area contributed by atoms with Crippen molar-refractivity contribution in [2.24, 2.45) is 11.8 Å². The molecule has 2 fully saturated rings. The number of fused-ring (bicyclic) bond motifs is 1. The summed E-state index contributed by atoms with van der Waals surface area (Å²) in [5.74, 6) is -0.540. The molecule has 2 atom stereocenters. The van der Waals surface area contributed by atoms with Gasteiger partial charge in [-0.1, -0.05) is 17.7 Å². The molecule has 0 radical (unpaired) electrons. The number of hydrogen-bond acceptors (Lipinski definition) is 7. The first-order valence-electron chi connectivity index (χ1n) is 13.1. The van der Waals surface area contributed by atoms with E-state index in [0.29, 0.717) is 29.7 Å². The first-order chi connectivity index (χ1) is 20.0. The third-order valence-corrected chi connectivity index (χ3v) is 8.06. The van der Waals surface area contributed by atoms with Crippen molar-refractivity contribution >= 4 is 34.9 Å². The van der Waals surface area contributed by atoms with Gasteiger partial charge in [-0.15, -0.1) is 5.10 Å². The van der Waals surface area contributed by atoms with Gasteiger partial charge in [-0.05, 0) is 50.3 Å². The Balaban J connectivity index is 1.20. The van der Waals surface area contributed by atoms with E-state index in [1.165, 1.54) is 13.1 Å². The van der Waals surface area contributed by atoms with Gasteiger partial charge in [0.1, 0.15) is 5.69 Å². The van der Waals surface area contributed by atoms with Gasteiger partial charge >= 0.3 is 0 Å². The summed E-state index contributed by atoms with van der Waals surface area (Å²) in [5, 5.41) is 15.3. The highest BCUT2D eigenvalue weighted by molar-refractivity contribution is 6.31.